The highest BCUT2D eigenvalue weighted by molar-refractivity contribution is 7.89. The minimum Gasteiger partial charge on any atom is -0.316 e. The number of sulfonamides is 1. The Kier molecular flexibility index (Phi) is 3.49. The number of nitrogens with one attached hydrogen (secondary N) is 1. The zero-order valence-corrected chi connectivity index (χ0v) is 7.94. The molecule has 1 fully saturated rings. The van der Waals surface area contributed by atoms with Crippen LogP contribution in [0.1, 0.15) is 19.3 Å². The largest absolute Gasteiger partial charge is 0.316 e. The van der Waals surface area contributed by atoms with E-state index in [-0.39, 0.29) is 5.75 Å². The molecule has 0 aromatic rings. The van der Waals surface area contributed by atoms with Gasteiger partial charge in [-0.2, -0.15) is 0 Å². The van der Waals surface area contributed by atoms with Crippen molar-refractivity contribution in [2.24, 2.45) is 11.1 Å². The van der Waals surface area contributed by atoms with E-state index < -0.39 is 10.0 Å². The van der Waals surface area contributed by atoms with Crippen LogP contribution in [0.3, 0.4) is 0 Å². The zero-order valence-electron chi connectivity index (χ0n) is 7.12. The van der Waals surface area contributed by atoms with Gasteiger partial charge in [0, 0.05) is 6.54 Å². The van der Waals surface area contributed by atoms with E-state index in [2.05, 4.69) is 5.32 Å². The van der Waals surface area contributed by atoms with Crippen LogP contribution in [0.2, 0.25) is 0 Å². The number of primary sulfonamides is 1. The average Bonchev–Trinajstić information content (AvgIpc) is 2.68. The second-order valence-electron chi connectivity index (χ2n) is 3.35. The maximum atomic E-state index is 10.5. The summed E-state index contributed by atoms with van der Waals surface area (Å²) in [6.07, 6.45) is 3.86. The summed E-state index contributed by atoms with van der Waals surface area (Å²) in [6.45, 7) is 1.39. The molecule has 0 aliphatic heterocycles. The maximum absolute atomic E-state index is 10.5. The van der Waals surface area contributed by atoms with Gasteiger partial charge in [0.25, 0.3) is 0 Å². The van der Waals surface area contributed by atoms with E-state index in [0.29, 0.717) is 6.54 Å². The molecule has 0 heterocycles. The molecule has 1 aliphatic rings. The molecule has 72 valence electrons. The Hall–Kier alpha value is -0.130. The van der Waals surface area contributed by atoms with Crippen LogP contribution in [-0.2, 0) is 10.0 Å². The van der Waals surface area contributed by atoms with Gasteiger partial charge in [0.2, 0.25) is 10.0 Å². The SMILES string of the molecule is NS(=O)(=O)CCNCCC1CC1. The molecular weight excluding hydrogens is 176 g/mol. The minimum atomic E-state index is -3.27. The molecule has 5 heteroatoms. The monoisotopic (exact) mass is 192 g/mol. The summed E-state index contributed by atoms with van der Waals surface area (Å²) in [5, 5.41) is 7.88. The van der Waals surface area contributed by atoms with Crippen LogP contribution in [0.4, 0.5) is 0 Å². The standard InChI is InChI=1S/C7H16N2O2S/c8-12(10,11)6-5-9-4-3-7-1-2-7/h7,9H,1-6H2,(H2,8,10,11). The number of rotatable bonds is 6. The first-order valence-electron chi connectivity index (χ1n) is 4.29. The first-order valence-corrected chi connectivity index (χ1v) is 6.00. The summed E-state index contributed by atoms with van der Waals surface area (Å²) in [7, 11) is -3.27. The molecule has 0 aromatic heterocycles. The Morgan fingerprint density at radius 2 is 2.00 bits per heavy atom. The third-order valence-electron chi connectivity index (χ3n) is 1.99. The highest BCUT2D eigenvalue weighted by Crippen LogP contribution is 2.31. The van der Waals surface area contributed by atoms with Crippen molar-refractivity contribution in [3.05, 3.63) is 0 Å². The van der Waals surface area contributed by atoms with Gasteiger partial charge >= 0.3 is 0 Å². The van der Waals surface area contributed by atoms with Crippen LogP contribution < -0.4 is 10.5 Å². The number of nitrogens with two attached hydrogens (primary N) is 1. The summed E-state index contributed by atoms with van der Waals surface area (Å²) < 4.78 is 21.0. The predicted molar refractivity (Wildman–Crippen MR) is 48.2 cm³/mol. The maximum Gasteiger partial charge on any atom is 0.210 e. The fourth-order valence-electron chi connectivity index (χ4n) is 1.05. The molecular formula is C7H16N2O2S. The smallest absolute Gasteiger partial charge is 0.210 e. The second kappa shape index (κ2) is 4.20. The van der Waals surface area contributed by atoms with Crippen LogP contribution in [0.15, 0.2) is 0 Å². The highest BCUT2D eigenvalue weighted by Gasteiger charge is 2.19. The molecule has 4 nitrogen and oxygen atoms in total. The van der Waals surface area contributed by atoms with Crippen LogP contribution in [0, 0.1) is 5.92 Å². The second-order valence-corrected chi connectivity index (χ2v) is 5.08. The molecule has 0 atom stereocenters. The first-order chi connectivity index (χ1) is 5.58. The van der Waals surface area contributed by atoms with Gasteiger partial charge in [-0.05, 0) is 18.9 Å². The highest BCUT2D eigenvalue weighted by atomic mass is 32.2. The van der Waals surface area contributed by atoms with Crippen molar-refractivity contribution in [2.45, 2.75) is 19.3 Å². The normalized spacial score (nSPS) is 18.1. The van der Waals surface area contributed by atoms with E-state index in [1.165, 1.54) is 19.3 Å². The molecule has 3 N–H and O–H groups in total. The van der Waals surface area contributed by atoms with Crippen molar-refractivity contribution < 1.29 is 8.42 Å². The van der Waals surface area contributed by atoms with Crippen LogP contribution >= 0.6 is 0 Å². The van der Waals surface area contributed by atoms with Crippen molar-refractivity contribution in [1.82, 2.24) is 5.32 Å². The minimum absolute atomic E-state index is 0.0394. The lowest BCUT2D eigenvalue weighted by Gasteiger charge is -2.01. The van der Waals surface area contributed by atoms with Crippen molar-refractivity contribution in [3.63, 3.8) is 0 Å². The lowest BCUT2D eigenvalue weighted by molar-refractivity contribution is 0.587. The van der Waals surface area contributed by atoms with Gasteiger partial charge in [-0.1, -0.05) is 12.8 Å². The fourth-order valence-corrected chi connectivity index (χ4v) is 1.48. The predicted octanol–water partition coefficient (Wildman–Crippen LogP) is -0.335. The van der Waals surface area contributed by atoms with Crippen molar-refractivity contribution >= 4 is 10.0 Å². The van der Waals surface area contributed by atoms with Gasteiger partial charge in [-0.3, -0.25) is 0 Å². The van der Waals surface area contributed by atoms with E-state index in [9.17, 15) is 8.42 Å². The molecule has 0 radical (unpaired) electrons. The number of hydrogen-bond donors (Lipinski definition) is 2. The third-order valence-corrected chi connectivity index (χ3v) is 2.76. The van der Waals surface area contributed by atoms with Gasteiger partial charge in [-0.15, -0.1) is 0 Å². The summed E-state index contributed by atoms with van der Waals surface area (Å²) in [5.41, 5.74) is 0. The van der Waals surface area contributed by atoms with Crippen molar-refractivity contribution in [3.8, 4) is 0 Å². The summed E-state index contributed by atoms with van der Waals surface area (Å²) in [4.78, 5) is 0. The van der Waals surface area contributed by atoms with Crippen molar-refractivity contribution in [1.29, 1.82) is 0 Å². The first kappa shape index (κ1) is 9.95. The molecule has 0 spiro atoms. The van der Waals surface area contributed by atoms with E-state index >= 15 is 0 Å². The Labute approximate surface area is 73.6 Å². The molecule has 12 heavy (non-hydrogen) atoms. The Balaban J connectivity index is 1.88. The van der Waals surface area contributed by atoms with Gasteiger partial charge in [0.05, 0.1) is 5.75 Å². The summed E-state index contributed by atoms with van der Waals surface area (Å²) >= 11 is 0. The van der Waals surface area contributed by atoms with E-state index in [1.54, 1.807) is 0 Å². The van der Waals surface area contributed by atoms with Crippen LogP contribution in [0.5, 0.6) is 0 Å². The van der Waals surface area contributed by atoms with E-state index in [4.69, 9.17) is 5.14 Å². The van der Waals surface area contributed by atoms with Gasteiger partial charge < -0.3 is 5.32 Å². The summed E-state index contributed by atoms with van der Waals surface area (Å²) in [6, 6.07) is 0. The molecule has 0 unspecified atom stereocenters. The Morgan fingerprint density at radius 3 is 2.50 bits per heavy atom. The third kappa shape index (κ3) is 5.51. The molecule has 0 saturated heterocycles. The Morgan fingerprint density at radius 1 is 1.33 bits per heavy atom. The summed E-state index contributed by atoms with van der Waals surface area (Å²) in [5.74, 6) is 0.935. The quantitative estimate of drug-likeness (QED) is 0.566. The lowest BCUT2D eigenvalue weighted by Crippen LogP contribution is -2.27. The Bertz CT molecular complexity index is 222. The average molecular weight is 192 g/mol. The fraction of sp³-hybridized carbons (Fsp3) is 1.00. The van der Waals surface area contributed by atoms with Gasteiger partial charge in [0.1, 0.15) is 0 Å². The molecule has 0 aromatic carbocycles. The van der Waals surface area contributed by atoms with Crippen molar-refractivity contribution in [2.75, 3.05) is 18.8 Å². The van der Waals surface area contributed by atoms with E-state index in [0.717, 1.165) is 12.5 Å². The zero-order chi connectivity index (χ0) is 9.03. The molecule has 1 aliphatic carbocycles. The lowest BCUT2D eigenvalue weighted by atomic mass is 10.3. The van der Waals surface area contributed by atoms with Gasteiger partial charge in [-0.25, -0.2) is 13.6 Å². The molecule has 0 amide bonds. The van der Waals surface area contributed by atoms with Gasteiger partial charge in [0.15, 0.2) is 0 Å². The number of hydrogen-bond acceptors (Lipinski definition) is 3. The molecule has 1 saturated carbocycles. The molecule has 0 bridgehead atoms. The molecule has 1 rings (SSSR count). The van der Waals surface area contributed by atoms with Crippen LogP contribution in [-0.4, -0.2) is 27.3 Å². The van der Waals surface area contributed by atoms with E-state index in [1.807, 2.05) is 0 Å². The topological polar surface area (TPSA) is 72.2 Å². The van der Waals surface area contributed by atoms with Crippen LogP contribution in [0.25, 0.3) is 0 Å².